The molecule has 0 saturated carbocycles. The minimum absolute atomic E-state index is 0.362. The van der Waals surface area contributed by atoms with E-state index >= 15 is 0 Å². The van der Waals surface area contributed by atoms with Crippen LogP contribution in [0.25, 0.3) is 0 Å². The Bertz CT molecular complexity index is 392. The van der Waals surface area contributed by atoms with E-state index in [1.807, 2.05) is 0 Å². The van der Waals surface area contributed by atoms with Crippen molar-refractivity contribution in [1.29, 1.82) is 0 Å². The van der Waals surface area contributed by atoms with Crippen molar-refractivity contribution in [3.05, 3.63) is 11.9 Å². The second-order valence-electron chi connectivity index (χ2n) is 4.22. The molecule has 6 nitrogen and oxygen atoms in total. The summed E-state index contributed by atoms with van der Waals surface area (Å²) < 4.78 is 10.2. The molecule has 1 unspecified atom stereocenters. The standard InChI is InChI=1S/C11H17N3O3/c1-8-13-9(5-10(14-8)16-2)12-6-11(15)3-4-17-7-11/h5,15H,3-4,6-7H2,1-2H3,(H,12,13,14). The average Bonchev–Trinajstić information content (AvgIpc) is 2.73. The zero-order chi connectivity index (χ0) is 12.3. The van der Waals surface area contributed by atoms with Crippen LogP contribution in [0.2, 0.25) is 0 Å². The first-order chi connectivity index (χ1) is 8.11. The maximum atomic E-state index is 10.1. The lowest BCUT2D eigenvalue weighted by Crippen LogP contribution is -2.37. The molecule has 17 heavy (non-hydrogen) atoms. The van der Waals surface area contributed by atoms with Crippen LogP contribution in [0.15, 0.2) is 6.07 Å². The van der Waals surface area contributed by atoms with Crippen LogP contribution in [0.5, 0.6) is 5.88 Å². The van der Waals surface area contributed by atoms with Crippen molar-refractivity contribution in [3.63, 3.8) is 0 Å². The normalized spacial score (nSPS) is 23.7. The third kappa shape index (κ3) is 3.04. The Balaban J connectivity index is 2.00. The molecule has 1 saturated heterocycles. The Morgan fingerprint density at radius 2 is 2.41 bits per heavy atom. The minimum atomic E-state index is -0.800. The number of nitrogens with zero attached hydrogens (tertiary/aromatic N) is 2. The average molecular weight is 239 g/mol. The van der Waals surface area contributed by atoms with Crippen molar-refractivity contribution in [2.75, 3.05) is 32.2 Å². The van der Waals surface area contributed by atoms with E-state index in [9.17, 15) is 5.11 Å². The first kappa shape index (κ1) is 12.1. The topological polar surface area (TPSA) is 76.5 Å². The third-order valence-electron chi connectivity index (χ3n) is 2.70. The number of aromatic nitrogens is 2. The molecule has 1 aromatic heterocycles. The summed E-state index contributed by atoms with van der Waals surface area (Å²) in [7, 11) is 1.56. The second-order valence-corrected chi connectivity index (χ2v) is 4.22. The number of anilines is 1. The van der Waals surface area contributed by atoms with E-state index < -0.39 is 5.60 Å². The molecule has 1 aromatic rings. The highest BCUT2D eigenvalue weighted by Gasteiger charge is 2.32. The van der Waals surface area contributed by atoms with Gasteiger partial charge in [0.15, 0.2) is 0 Å². The maximum absolute atomic E-state index is 10.1. The lowest BCUT2D eigenvalue weighted by molar-refractivity contribution is 0.0381. The van der Waals surface area contributed by atoms with Gasteiger partial charge in [-0.15, -0.1) is 0 Å². The van der Waals surface area contributed by atoms with Gasteiger partial charge in [0.2, 0.25) is 5.88 Å². The lowest BCUT2D eigenvalue weighted by Gasteiger charge is -2.21. The highest BCUT2D eigenvalue weighted by Crippen LogP contribution is 2.19. The van der Waals surface area contributed by atoms with Crippen LogP contribution in [0.4, 0.5) is 5.82 Å². The highest BCUT2D eigenvalue weighted by molar-refractivity contribution is 5.38. The summed E-state index contributed by atoms with van der Waals surface area (Å²) in [5, 5.41) is 13.2. The van der Waals surface area contributed by atoms with E-state index in [-0.39, 0.29) is 0 Å². The van der Waals surface area contributed by atoms with Crippen LogP contribution in [0.3, 0.4) is 0 Å². The van der Waals surface area contributed by atoms with Crippen LogP contribution in [0.1, 0.15) is 12.2 Å². The highest BCUT2D eigenvalue weighted by atomic mass is 16.5. The molecule has 0 bridgehead atoms. The van der Waals surface area contributed by atoms with E-state index in [4.69, 9.17) is 9.47 Å². The van der Waals surface area contributed by atoms with Crippen molar-refractivity contribution in [2.45, 2.75) is 18.9 Å². The van der Waals surface area contributed by atoms with Crippen LogP contribution in [0, 0.1) is 6.92 Å². The molecular weight excluding hydrogens is 222 g/mol. The first-order valence-corrected chi connectivity index (χ1v) is 5.55. The summed E-state index contributed by atoms with van der Waals surface area (Å²) in [6.07, 6.45) is 0.640. The Hall–Kier alpha value is -1.40. The number of hydrogen-bond acceptors (Lipinski definition) is 6. The monoisotopic (exact) mass is 239 g/mol. The maximum Gasteiger partial charge on any atom is 0.218 e. The minimum Gasteiger partial charge on any atom is -0.481 e. The molecule has 6 heteroatoms. The van der Waals surface area contributed by atoms with Crippen molar-refractivity contribution in [2.24, 2.45) is 0 Å². The number of methoxy groups -OCH3 is 1. The Kier molecular flexibility index (Phi) is 3.44. The van der Waals surface area contributed by atoms with Crippen LogP contribution >= 0.6 is 0 Å². The van der Waals surface area contributed by atoms with Gasteiger partial charge >= 0.3 is 0 Å². The molecule has 1 fully saturated rings. The Morgan fingerprint density at radius 3 is 3.06 bits per heavy atom. The van der Waals surface area contributed by atoms with E-state index in [1.54, 1.807) is 20.1 Å². The molecule has 94 valence electrons. The largest absolute Gasteiger partial charge is 0.481 e. The fraction of sp³-hybridized carbons (Fsp3) is 0.636. The summed E-state index contributed by atoms with van der Waals surface area (Å²) in [6, 6.07) is 1.70. The summed E-state index contributed by atoms with van der Waals surface area (Å²) in [6.45, 7) is 3.17. The molecule has 1 atom stereocenters. The molecule has 0 amide bonds. The molecule has 2 N–H and O–H groups in total. The van der Waals surface area contributed by atoms with Gasteiger partial charge in [-0.2, -0.15) is 4.98 Å². The van der Waals surface area contributed by atoms with Gasteiger partial charge in [-0.1, -0.05) is 0 Å². The predicted octanol–water partition coefficient (Wildman–Crippen LogP) is 0.357. The molecule has 2 heterocycles. The summed E-state index contributed by atoms with van der Waals surface area (Å²) in [5.74, 6) is 1.78. The number of rotatable bonds is 4. The molecule has 0 spiro atoms. The number of aryl methyl sites for hydroxylation is 1. The van der Waals surface area contributed by atoms with Gasteiger partial charge in [0, 0.05) is 25.6 Å². The van der Waals surface area contributed by atoms with Gasteiger partial charge in [0.05, 0.1) is 13.7 Å². The molecule has 0 aromatic carbocycles. The van der Waals surface area contributed by atoms with Crippen molar-refractivity contribution in [1.82, 2.24) is 9.97 Å². The number of aliphatic hydroxyl groups is 1. The second kappa shape index (κ2) is 4.85. The van der Waals surface area contributed by atoms with Gasteiger partial charge in [-0.05, 0) is 6.92 Å². The van der Waals surface area contributed by atoms with E-state index in [2.05, 4.69) is 15.3 Å². The molecule has 1 aliphatic rings. The molecule has 1 aliphatic heterocycles. The quantitative estimate of drug-likeness (QED) is 0.790. The number of ether oxygens (including phenoxy) is 2. The molecular formula is C11H17N3O3. The van der Waals surface area contributed by atoms with Gasteiger partial charge < -0.3 is 19.9 Å². The fourth-order valence-corrected chi connectivity index (χ4v) is 1.73. The zero-order valence-electron chi connectivity index (χ0n) is 10.1. The summed E-state index contributed by atoms with van der Waals surface area (Å²) >= 11 is 0. The SMILES string of the molecule is COc1cc(NCC2(O)CCOC2)nc(C)n1. The van der Waals surface area contributed by atoms with Crippen LogP contribution < -0.4 is 10.1 Å². The Labute approximate surface area is 100.0 Å². The van der Waals surface area contributed by atoms with Gasteiger partial charge in [-0.25, -0.2) is 4.98 Å². The lowest BCUT2D eigenvalue weighted by atomic mass is 10.0. The molecule has 0 radical (unpaired) electrons. The molecule has 2 rings (SSSR count). The summed E-state index contributed by atoms with van der Waals surface area (Å²) in [4.78, 5) is 8.31. The smallest absolute Gasteiger partial charge is 0.218 e. The number of nitrogens with one attached hydrogen (secondary N) is 1. The van der Waals surface area contributed by atoms with E-state index in [0.29, 0.717) is 43.7 Å². The van der Waals surface area contributed by atoms with Gasteiger partial charge in [0.1, 0.15) is 17.2 Å². The first-order valence-electron chi connectivity index (χ1n) is 5.55. The third-order valence-corrected chi connectivity index (χ3v) is 2.70. The number of hydrogen-bond donors (Lipinski definition) is 2. The van der Waals surface area contributed by atoms with Crippen LogP contribution in [-0.4, -0.2) is 47.5 Å². The van der Waals surface area contributed by atoms with E-state index in [1.165, 1.54) is 0 Å². The zero-order valence-corrected chi connectivity index (χ0v) is 10.1. The van der Waals surface area contributed by atoms with Crippen molar-refractivity contribution in [3.8, 4) is 5.88 Å². The predicted molar refractivity (Wildman–Crippen MR) is 62.2 cm³/mol. The van der Waals surface area contributed by atoms with Crippen molar-refractivity contribution >= 4 is 5.82 Å². The summed E-state index contributed by atoms with van der Waals surface area (Å²) in [5.41, 5.74) is -0.800. The molecule has 0 aliphatic carbocycles. The van der Waals surface area contributed by atoms with Crippen molar-refractivity contribution < 1.29 is 14.6 Å². The van der Waals surface area contributed by atoms with E-state index in [0.717, 1.165) is 0 Å². The fourth-order valence-electron chi connectivity index (χ4n) is 1.73. The van der Waals surface area contributed by atoms with Gasteiger partial charge in [0.25, 0.3) is 0 Å². The van der Waals surface area contributed by atoms with Gasteiger partial charge in [-0.3, -0.25) is 0 Å². The van der Waals surface area contributed by atoms with Crippen LogP contribution in [-0.2, 0) is 4.74 Å². The Morgan fingerprint density at radius 1 is 1.59 bits per heavy atom.